The third-order valence-corrected chi connectivity index (χ3v) is 6.36. The molecule has 1 heterocycles. The lowest BCUT2D eigenvalue weighted by Gasteiger charge is -2.18. The molecule has 0 aliphatic rings. The van der Waals surface area contributed by atoms with Gasteiger partial charge in [-0.1, -0.05) is 36.5 Å². The van der Waals surface area contributed by atoms with Crippen LogP contribution in [0.4, 0.5) is 0 Å². The minimum Gasteiger partial charge on any atom is -0.493 e. The first-order valence-electron chi connectivity index (χ1n) is 9.72. The summed E-state index contributed by atoms with van der Waals surface area (Å²) >= 11 is 4.78. The van der Waals surface area contributed by atoms with Gasteiger partial charge in [0.2, 0.25) is 6.54 Å². The second kappa shape index (κ2) is 10.6. The SMILES string of the molecule is C=CCOc1c(Br)cc([C@@H](C[N+](=O)[O-])Sc2nnc(C)n2-c2cccc(C)c2)cc1OC. The molecule has 8 nitrogen and oxygen atoms in total. The second-order valence-electron chi connectivity index (χ2n) is 6.96. The third-order valence-electron chi connectivity index (χ3n) is 4.59. The number of thioether (sulfide) groups is 1. The summed E-state index contributed by atoms with van der Waals surface area (Å²) in [6.07, 6.45) is 1.63. The number of aromatic nitrogens is 3. The highest BCUT2D eigenvalue weighted by atomic mass is 79.9. The standard InChI is InChI=1S/C22H23BrN4O4S/c1-5-9-31-21-18(23)11-16(12-19(21)30-4)20(13-26(28)29)32-22-25-24-15(3)27(22)17-8-6-7-14(2)10-17/h5-8,10-12,20H,1,9,13H2,2-4H3/t20-/m1/s1. The predicted octanol–water partition coefficient (Wildman–Crippen LogP) is 5.33. The van der Waals surface area contributed by atoms with Crippen LogP contribution in [-0.2, 0) is 0 Å². The minimum absolute atomic E-state index is 0.299. The van der Waals surface area contributed by atoms with Gasteiger partial charge in [0.05, 0.1) is 11.6 Å². The Morgan fingerprint density at radius 1 is 1.31 bits per heavy atom. The Morgan fingerprint density at radius 3 is 2.75 bits per heavy atom. The fourth-order valence-electron chi connectivity index (χ4n) is 3.16. The van der Waals surface area contributed by atoms with Gasteiger partial charge in [-0.25, -0.2) is 0 Å². The number of ether oxygens (including phenoxy) is 2. The average Bonchev–Trinajstić information content (AvgIpc) is 3.11. The molecule has 0 aliphatic heterocycles. The molecule has 3 aromatic rings. The molecule has 0 bridgehead atoms. The van der Waals surface area contributed by atoms with Gasteiger partial charge >= 0.3 is 0 Å². The number of halogens is 1. The van der Waals surface area contributed by atoms with Crippen LogP contribution < -0.4 is 9.47 Å². The number of methoxy groups -OCH3 is 1. The molecule has 32 heavy (non-hydrogen) atoms. The first kappa shape index (κ1) is 23.8. The molecular weight excluding hydrogens is 496 g/mol. The summed E-state index contributed by atoms with van der Waals surface area (Å²) in [5.74, 6) is 1.69. The van der Waals surface area contributed by atoms with Crippen molar-refractivity contribution in [2.45, 2.75) is 24.3 Å². The van der Waals surface area contributed by atoms with E-state index in [-0.39, 0.29) is 11.5 Å². The molecule has 3 rings (SSSR count). The van der Waals surface area contributed by atoms with Crippen LogP contribution in [0.3, 0.4) is 0 Å². The van der Waals surface area contributed by atoms with E-state index in [1.807, 2.05) is 48.7 Å². The number of nitro groups is 1. The summed E-state index contributed by atoms with van der Waals surface area (Å²) in [4.78, 5) is 11.2. The van der Waals surface area contributed by atoms with Crippen LogP contribution in [-0.4, -0.2) is 39.9 Å². The van der Waals surface area contributed by atoms with Gasteiger partial charge in [0.15, 0.2) is 16.7 Å². The molecule has 2 aromatic carbocycles. The van der Waals surface area contributed by atoms with Crippen molar-refractivity contribution in [1.29, 1.82) is 0 Å². The topological polar surface area (TPSA) is 92.3 Å². The molecular formula is C22H23BrN4O4S. The highest BCUT2D eigenvalue weighted by molar-refractivity contribution is 9.10. The van der Waals surface area contributed by atoms with Crippen molar-refractivity contribution < 1.29 is 14.4 Å². The minimum atomic E-state index is -0.532. The van der Waals surface area contributed by atoms with Crippen LogP contribution in [0.1, 0.15) is 22.2 Å². The lowest BCUT2D eigenvalue weighted by atomic mass is 10.1. The number of aryl methyl sites for hydroxylation is 2. The first-order chi connectivity index (χ1) is 15.3. The van der Waals surface area contributed by atoms with Gasteiger partial charge in [0.25, 0.3) is 0 Å². The number of benzene rings is 2. The third kappa shape index (κ3) is 5.49. The van der Waals surface area contributed by atoms with Gasteiger partial charge in [-0.15, -0.1) is 10.2 Å². The van der Waals surface area contributed by atoms with Crippen LogP contribution in [0.2, 0.25) is 0 Å². The zero-order chi connectivity index (χ0) is 23.3. The maximum absolute atomic E-state index is 11.5. The van der Waals surface area contributed by atoms with Gasteiger partial charge in [-0.3, -0.25) is 14.7 Å². The van der Waals surface area contributed by atoms with E-state index in [9.17, 15) is 10.1 Å². The van der Waals surface area contributed by atoms with Gasteiger partial charge < -0.3 is 9.47 Å². The monoisotopic (exact) mass is 518 g/mol. The molecule has 0 spiro atoms. The van der Waals surface area contributed by atoms with E-state index in [0.29, 0.717) is 39.1 Å². The summed E-state index contributed by atoms with van der Waals surface area (Å²) in [5, 5.41) is 20.0. The average molecular weight is 519 g/mol. The van der Waals surface area contributed by atoms with E-state index in [2.05, 4.69) is 32.7 Å². The molecule has 0 aliphatic carbocycles. The Morgan fingerprint density at radius 2 is 2.09 bits per heavy atom. The fourth-order valence-corrected chi connectivity index (χ4v) is 4.89. The van der Waals surface area contributed by atoms with Crippen molar-refractivity contribution in [3.63, 3.8) is 0 Å². The first-order valence-corrected chi connectivity index (χ1v) is 11.4. The van der Waals surface area contributed by atoms with E-state index >= 15 is 0 Å². The van der Waals surface area contributed by atoms with E-state index in [1.165, 1.54) is 18.9 Å². The van der Waals surface area contributed by atoms with Crippen molar-refractivity contribution in [3.8, 4) is 17.2 Å². The van der Waals surface area contributed by atoms with Crippen LogP contribution in [0, 0.1) is 24.0 Å². The summed E-state index contributed by atoms with van der Waals surface area (Å²) in [6, 6.07) is 11.5. The lowest BCUT2D eigenvalue weighted by molar-refractivity contribution is -0.479. The quantitative estimate of drug-likeness (QED) is 0.155. The fraction of sp³-hybridized carbons (Fsp3) is 0.273. The summed E-state index contributed by atoms with van der Waals surface area (Å²) in [6.45, 7) is 7.52. The largest absolute Gasteiger partial charge is 0.493 e. The molecule has 0 amide bonds. The highest BCUT2D eigenvalue weighted by Gasteiger charge is 2.26. The molecule has 0 saturated heterocycles. The highest BCUT2D eigenvalue weighted by Crippen LogP contribution is 2.43. The van der Waals surface area contributed by atoms with Crippen molar-refractivity contribution in [1.82, 2.24) is 14.8 Å². The Hall–Kier alpha value is -2.85. The Labute approximate surface area is 198 Å². The molecule has 0 radical (unpaired) electrons. The van der Waals surface area contributed by atoms with E-state index in [4.69, 9.17) is 9.47 Å². The van der Waals surface area contributed by atoms with Crippen LogP contribution in [0.5, 0.6) is 11.5 Å². The molecule has 10 heteroatoms. The van der Waals surface area contributed by atoms with Crippen molar-refractivity contribution in [2.75, 3.05) is 20.3 Å². The van der Waals surface area contributed by atoms with Gasteiger partial charge in [0, 0.05) is 10.6 Å². The Bertz CT molecular complexity index is 1140. The summed E-state index contributed by atoms with van der Waals surface area (Å²) < 4.78 is 13.7. The number of rotatable bonds is 10. The van der Waals surface area contributed by atoms with Crippen molar-refractivity contribution >= 4 is 27.7 Å². The molecule has 0 saturated carbocycles. The summed E-state index contributed by atoms with van der Waals surface area (Å²) in [5.41, 5.74) is 2.71. The molecule has 168 valence electrons. The van der Waals surface area contributed by atoms with Crippen LogP contribution in [0.15, 0.2) is 58.7 Å². The number of nitrogens with zero attached hydrogens (tertiary/aromatic N) is 4. The molecule has 0 fully saturated rings. The van der Waals surface area contributed by atoms with Crippen molar-refractivity contribution in [2.24, 2.45) is 0 Å². The zero-order valence-corrected chi connectivity index (χ0v) is 20.4. The lowest BCUT2D eigenvalue weighted by Crippen LogP contribution is -2.12. The zero-order valence-electron chi connectivity index (χ0n) is 17.9. The van der Waals surface area contributed by atoms with E-state index in [0.717, 1.165) is 11.3 Å². The molecule has 1 aromatic heterocycles. The smallest absolute Gasteiger partial charge is 0.220 e. The van der Waals surface area contributed by atoms with Gasteiger partial charge in [-0.2, -0.15) is 0 Å². The molecule has 0 N–H and O–H groups in total. The van der Waals surface area contributed by atoms with Crippen LogP contribution in [0.25, 0.3) is 5.69 Å². The number of hydrogen-bond donors (Lipinski definition) is 0. The maximum atomic E-state index is 11.5. The molecule has 1 atom stereocenters. The number of hydrogen-bond acceptors (Lipinski definition) is 7. The Balaban J connectivity index is 2.02. The van der Waals surface area contributed by atoms with Crippen molar-refractivity contribution in [3.05, 3.63) is 80.6 Å². The Kier molecular flexibility index (Phi) is 7.92. The maximum Gasteiger partial charge on any atom is 0.220 e. The van der Waals surface area contributed by atoms with E-state index in [1.54, 1.807) is 12.1 Å². The van der Waals surface area contributed by atoms with Crippen LogP contribution >= 0.6 is 27.7 Å². The normalized spacial score (nSPS) is 11.8. The van der Waals surface area contributed by atoms with Gasteiger partial charge in [-0.05, 0) is 65.2 Å². The molecule has 0 unspecified atom stereocenters. The van der Waals surface area contributed by atoms with E-state index < -0.39 is 5.25 Å². The van der Waals surface area contributed by atoms with Gasteiger partial charge in [0.1, 0.15) is 17.7 Å². The second-order valence-corrected chi connectivity index (χ2v) is 8.98. The predicted molar refractivity (Wildman–Crippen MR) is 128 cm³/mol. The summed E-state index contributed by atoms with van der Waals surface area (Å²) in [7, 11) is 1.53.